The topological polar surface area (TPSA) is 96.6 Å². The van der Waals surface area contributed by atoms with Crippen molar-refractivity contribution in [1.29, 1.82) is 5.41 Å². The minimum atomic E-state index is -0.447. The summed E-state index contributed by atoms with van der Waals surface area (Å²) in [5, 5.41) is 15.8. The molecule has 2 aromatic carbocycles. The highest BCUT2D eigenvalue weighted by Crippen LogP contribution is 2.32. The predicted molar refractivity (Wildman–Crippen MR) is 144 cm³/mol. The van der Waals surface area contributed by atoms with Gasteiger partial charge in [-0.1, -0.05) is 37.1 Å². The second kappa shape index (κ2) is 11.9. The summed E-state index contributed by atoms with van der Waals surface area (Å²) in [5.74, 6) is 1.50. The molecular formula is C27H30N4O4S. The SMILES string of the molecule is CCCCC1=NN2C(=N)/C(=C\c3ccc(OCCOc4ccc(C)cc4)c(OCC)c3)C(=O)N=C2S1. The van der Waals surface area contributed by atoms with Crippen LogP contribution in [0.4, 0.5) is 0 Å². The second-order valence-corrected chi connectivity index (χ2v) is 9.31. The molecule has 0 unspecified atom stereocenters. The summed E-state index contributed by atoms with van der Waals surface area (Å²) in [4.78, 5) is 16.9. The van der Waals surface area contributed by atoms with Crippen molar-refractivity contribution in [3.05, 3.63) is 59.2 Å². The van der Waals surface area contributed by atoms with Gasteiger partial charge in [0.25, 0.3) is 5.91 Å². The summed E-state index contributed by atoms with van der Waals surface area (Å²) in [6, 6.07) is 13.3. The van der Waals surface area contributed by atoms with Gasteiger partial charge in [-0.05, 0) is 74.4 Å². The quantitative estimate of drug-likeness (QED) is 0.312. The maximum atomic E-state index is 12.7. The van der Waals surface area contributed by atoms with Crippen LogP contribution in [0.3, 0.4) is 0 Å². The van der Waals surface area contributed by atoms with Crippen LogP contribution in [0.25, 0.3) is 6.08 Å². The van der Waals surface area contributed by atoms with E-state index in [-0.39, 0.29) is 11.4 Å². The van der Waals surface area contributed by atoms with Crippen LogP contribution in [0.5, 0.6) is 17.2 Å². The largest absolute Gasteiger partial charge is 0.490 e. The van der Waals surface area contributed by atoms with E-state index in [0.29, 0.717) is 42.1 Å². The number of carbonyl (C=O) groups is 1. The average molecular weight is 507 g/mol. The fourth-order valence-electron chi connectivity index (χ4n) is 3.58. The van der Waals surface area contributed by atoms with Crippen molar-refractivity contribution in [2.24, 2.45) is 10.1 Å². The number of benzene rings is 2. The van der Waals surface area contributed by atoms with E-state index in [1.807, 2.05) is 44.2 Å². The summed E-state index contributed by atoms with van der Waals surface area (Å²) in [6.45, 7) is 7.23. The number of hydrogen-bond donors (Lipinski definition) is 1. The monoisotopic (exact) mass is 506 g/mol. The molecule has 1 N–H and O–H groups in total. The lowest BCUT2D eigenvalue weighted by molar-refractivity contribution is -0.114. The molecule has 8 nitrogen and oxygen atoms in total. The van der Waals surface area contributed by atoms with E-state index < -0.39 is 5.91 Å². The lowest BCUT2D eigenvalue weighted by Gasteiger charge is -2.20. The number of amides is 1. The Morgan fingerprint density at radius 1 is 1.03 bits per heavy atom. The van der Waals surface area contributed by atoms with Crippen LogP contribution in [-0.2, 0) is 4.79 Å². The molecule has 1 amide bonds. The highest BCUT2D eigenvalue weighted by Gasteiger charge is 2.35. The zero-order valence-corrected chi connectivity index (χ0v) is 21.6. The van der Waals surface area contributed by atoms with Gasteiger partial charge in [0.05, 0.1) is 12.2 Å². The van der Waals surface area contributed by atoms with Crippen molar-refractivity contribution in [2.45, 2.75) is 40.0 Å². The minimum absolute atomic E-state index is 0.0236. The number of unbranched alkanes of at least 4 members (excludes halogenated alkanes) is 1. The van der Waals surface area contributed by atoms with E-state index >= 15 is 0 Å². The Bertz CT molecular complexity index is 1220. The summed E-state index contributed by atoms with van der Waals surface area (Å²) < 4.78 is 17.4. The van der Waals surface area contributed by atoms with Crippen LogP contribution < -0.4 is 14.2 Å². The fourth-order valence-corrected chi connectivity index (χ4v) is 4.50. The normalized spacial score (nSPS) is 16.1. The Morgan fingerprint density at radius 3 is 2.56 bits per heavy atom. The molecule has 9 heteroatoms. The van der Waals surface area contributed by atoms with Gasteiger partial charge in [0.2, 0.25) is 5.17 Å². The summed E-state index contributed by atoms with van der Waals surface area (Å²) >= 11 is 1.36. The molecule has 0 saturated carbocycles. The highest BCUT2D eigenvalue weighted by molar-refractivity contribution is 8.26. The van der Waals surface area contributed by atoms with Crippen LogP contribution in [0.1, 0.15) is 44.2 Å². The van der Waals surface area contributed by atoms with Gasteiger partial charge >= 0.3 is 0 Å². The van der Waals surface area contributed by atoms with E-state index in [1.54, 1.807) is 18.2 Å². The smallest absolute Gasteiger partial charge is 0.283 e. The van der Waals surface area contributed by atoms with Gasteiger partial charge in [-0.25, -0.2) is 0 Å². The number of thioether (sulfide) groups is 1. The Labute approximate surface area is 215 Å². The minimum Gasteiger partial charge on any atom is -0.490 e. The van der Waals surface area contributed by atoms with Crippen LogP contribution in [0.2, 0.25) is 0 Å². The first-order valence-corrected chi connectivity index (χ1v) is 12.9. The average Bonchev–Trinajstić information content (AvgIpc) is 3.28. The molecule has 0 atom stereocenters. The molecule has 2 aliphatic heterocycles. The van der Waals surface area contributed by atoms with Gasteiger partial charge in [0, 0.05) is 0 Å². The number of carbonyl (C=O) groups excluding carboxylic acids is 1. The number of hydrogen-bond acceptors (Lipinski definition) is 7. The summed E-state index contributed by atoms with van der Waals surface area (Å²) in [6.07, 6.45) is 4.51. The lowest BCUT2D eigenvalue weighted by Crippen LogP contribution is -2.35. The van der Waals surface area contributed by atoms with Crippen molar-refractivity contribution in [3.63, 3.8) is 0 Å². The molecule has 36 heavy (non-hydrogen) atoms. The number of aliphatic imine (C=N–C) groups is 1. The molecule has 0 aromatic heterocycles. The third kappa shape index (κ3) is 6.15. The molecule has 2 aromatic rings. The molecule has 0 fully saturated rings. The van der Waals surface area contributed by atoms with Crippen molar-refractivity contribution in [2.75, 3.05) is 19.8 Å². The van der Waals surface area contributed by atoms with Crippen LogP contribution in [-0.4, -0.2) is 46.8 Å². The van der Waals surface area contributed by atoms with Gasteiger partial charge in [-0.15, -0.1) is 0 Å². The van der Waals surface area contributed by atoms with Crippen LogP contribution in [0.15, 0.2) is 58.1 Å². The molecule has 0 aliphatic carbocycles. The van der Waals surface area contributed by atoms with E-state index in [1.165, 1.54) is 22.3 Å². The Balaban J connectivity index is 1.44. The molecule has 0 spiro atoms. The maximum absolute atomic E-state index is 12.7. The number of hydrazone groups is 1. The van der Waals surface area contributed by atoms with E-state index in [9.17, 15) is 4.79 Å². The number of nitrogens with one attached hydrogen (secondary N) is 1. The molecule has 2 heterocycles. The third-order valence-corrected chi connectivity index (χ3v) is 6.42. The fraction of sp³-hybridized carbons (Fsp3) is 0.333. The van der Waals surface area contributed by atoms with Crippen molar-refractivity contribution >= 4 is 39.8 Å². The van der Waals surface area contributed by atoms with Crippen LogP contribution >= 0.6 is 11.8 Å². The zero-order valence-electron chi connectivity index (χ0n) is 20.7. The molecular weight excluding hydrogens is 476 g/mol. The zero-order chi connectivity index (χ0) is 25.5. The number of rotatable bonds is 11. The summed E-state index contributed by atoms with van der Waals surface area (Å²) in [7, 11) is 0. The van der Waals surface area contributed by atoms with Crippen molar-refractivity contribution < 1.29 is 19.0 Å². The van der Waals surface area contributed by atoms with Gasteiger partial charge in [0.15, 0.2) is 17.3 Å². The first-order valence-electron chi connectivity index (χ1n) is 12.1. The molecule has 0 radical (unpaired) electrons. The first-order chi connectivity index (χ1) is 17.5. The summed E-state index contributed by atoms with van der Waals surface area (Å²) in [5.41, 5.74) is 2.06. The van der Waals surface area contributed by atoms with E-state index in [2.05, 4.69) is 17.0 Å². The third-order valence-electron chi connectivity index (χ3n) is 5.45. The van der Waals surface area contributed by atoms with Gasteiger partial charge < -0.3 is 14.2 Å². The number of ether oxygens (including phenoxy) is 3. The van der Waals surface area contributed by atoms with Crippen molar-refractivity contribution in [1.82, 2.24) is 5.01 Å². The molecule has 4 rings (SSSR count). The van der Waals surface area contributed by atoms with Gasteiger partial charge in [-0.2, -0.15) is 15.1 Å². The Hall–Kier alpha value is -3.59. The molecule has 188 valence electrons. The Kier molecular flexibility index (Phi) is 8.43. The van der Waals surface area contributed by atoms with Crippen LogP contribution in [0, 0.1) is 12.3 Å². The molecule has 0 saturated heterocycles. The maximum Gasteiger partial charge on any atom is 0.283 e. The number of aryl methyl sites for hydroxylation is 1. The molecule has 0 bridgehead atoms. The second-order valence-electron chi connectivity index (χ2n) is 8.27. The predicted octanol–water partition coefficient (Wildman–Crippen LogP) is 5.66. The lowest BCUT2D eigenvalue weighted by atomic mass is 10.1. The Morgan fingerprint density at radius 2 is 1.81 bits per heavy atom. The highest BCUT2D eigenvalue weighted by atomic mass is 32.2. The first kappa shape index (κ1) is 25.5. The number of amidine groups is 2. The standard InChI is InChI=1S/C27H30N4O4S/c1-4-6-7-24-30-31-25(28)21(26(32)29-27(31)36-24)16-19-10-13-22(23(17-19)33-5-2)35-15-14-34-20-11-8-18(3)9-12-20/h8-13,16-17,28H,4-7,14-15H2,1-3H3/b21-16+,28-25?. The van der Waals surface area contributed by atoms with Gasteiger partial charge in [-0.3, -0.25) is 10.2 Å². The number of nitrogens with zero attached hydrogens (tertiary/aromatic N) is 3. The van der Waals surface area contributed by atoms with Gasteiger partial charge in [0.1, 0.15) is 24.0 Å². The van der Waals surface area contributed by atoms with Crippen molar-refractivity contribution in [3.8, 4) is 17.2 Å². The van der Waals surface area contributed by atoms with E-state index in [4.69, 9.17) is 19.6 Å². The molecule has 2 aliphatic rings. The number of fused-ring (bicyclic) bond motifs is 1. The van der Waals surface area contributed by atoms with E-state index in [0.717, 1.165) is 30.1 Å².